The van der Waals surface area contributed by atoms with E-state index in [0.29, 0.717) is 28.4 Å². The van der Waals surface area contributed by atoms with Crippen LogP contribution in [0.25, 0.3) is 0 Å². The van der Waals surface area contributed by atoms with Crippen molar-refractivity contribution in [3.05, 3.63) is 103 Å². The topological polar surface area (TPSA) is 142 Å². The summed E-state index contributed by atoms with van der Waals surface area (Å²) in [6, 6.07) is 23.5. The quantitative estimate of drug-likeness (QED) is 0.239. The monoisotopic (exact) mass is 526 g/mol. The average Bonchev–Trinajstić information content (AvgIpc) is 2.86. The lowest BCUT2D eigenvalue weighted by atomic mass is 10.2. The zero-order chi connectivity index (χ0) is 25.8. The first-order valence-electron chi connectivity index (χ1n) is 10.6. The largest absolute Gasteiger partial charge is 0.508 e. The number of anilines is 2. The molecule has 0 bridgehead atoms. The second kappa shape index (κ2) is 10.3. The van der Waals surface area contributed by atoms with Crippen LogP contribution in [0.15, 0.2) is 107 Å². The summed E-state index contributed by atoms with van der Waals surface area (Å²) in [5, 5.41) is 18.4. The number of hydrogen-bond acceptors (Lipinski definition) is 7. The van der Waals surface area contributed by atoms with Crippen LogP contribution in [0.2, 0.25) is 0 Å². The highest BCUT2D eigenvalue weighted by Crippen LogP contribution is 2.26. The zero-order valence-corrected chi connectivity index (χ0v) is 20.3. The lowest BCUT2D eigenvalue weighted by Gasteiger charge is -2.11. The molecule has 0 radical (unpaired) electrons. The van der Waals surface area contributed by atoms with Gasteiger partial charge in [0.25, 0.3) is 20.0 Å². The molecule has 4 aromatic rings. The molecule has 0 saturated carbocycles. The Balaban J connectivity index is 1.41. The number of hydrogen-bond donors (Lipinski definition) is 4. The molecule has 0 aliphatic heterocycles. The van der Waals surface area contributed by atoms with Crippen molar-refractivity contribution < 1.29 is 31.8 Å². The van der Waals surface area contributed by atoms with Gasteiger partial charge in [0.15, 0.2) is 0 Å². The van der Waals surface area contributed by atoms with Crippen molar-refractivity contribution in [1.82, 2.24) is 0 Å². The molecule has 4 aromatic carbocycles. The number of aliphatic hydroxyl groups excluding tert-OH is 1. The smallest absolute Gasteiger partial charge is 0.261 e. The second-order valence-corrected chi connectivity index (χ2v) is 11.0. The van der Waals surface area contributed by atoms with E-state index in [1.54, 1.807) is 24.3 Å². The highest BCUT2D eigenvalue weighted by Gasteiger charge is 2.16. The van der Waals surface area contributed by atoms with Gasteiger partial charge in [-0.25, -0.2) is 16.8 Å². The van der Waals surface area contributed by atoms with Crippen molar-refractivity contribution in [3.8, 4) is 17.2 Å². The van der Waals surface area contributed by atoms with Gasteiger partial charge in [-0.3, -0.25) is 9.44 Å². The van der Waals surface area contributed by atoms with Crippen molar-refractivity contribution in [3.63, 3.8) is 0 Å². The molecule has 0 saturated heterocycles. The van der Waals surface area contributed by atoms with Crippen molar-refractivity contribution >= 4 is 31.4 Å². The van der Waals surface area contributed by atoms with E-state index in [2.05, 4.69) is 9.44 Å². The van der Waals surface area contributed by atoms with Gasteiger partial charge in [0, 0.05) is 11.4 Å². The SMILES string of the molecule is O=S(=O)(Nc1ccc(O)cc1)c1ccc(Oc2ccc(S(=O)(=O)Nc3ccc(CO)cc3)cc2)cc1. The summed E-state index contributed by atoms with van der Waals surface area (Å²) in [4.78, 5) is 0.0466. The number of ether oxygens (including phenoxy) is 1. The van der Waals surface area contributed by atoms with E-state index in [0.717, 1.165) is 0 Å². The van der Waals surface area contributed by atoms with Gasteiger partial charge in [-0.2, -0.15) is 0 Å². The Bertz CT molecular complexity index is 1540. The first-order chi connectivity index (χ1) is 17.1. The van der Waals surface area contributed by atoms with Crippen molar-refractivity contribution in [2.75, 3.05) is 9.44 Å². The van der Waals surface area contributed by atoms with E-state index < -0.39 is 20.0 Å². The van der Waals surface area contributed by atoms with E-state index in [9.17, 15) is 21.9 Å². The zero-order valence-electron chi connectivity index (χ0n) is 18.7. The van der Waals surface area contributed by atoms with E-state index in [-0.39, 0.29) is 22.1 Å². The molecule has 4 N–H and O–H groups in total. The fourth-order valence-electron chi connectivity index (χ4n) is 3.15. The highest BCUT2D eigenvalue weighted by atomic mass is 32.2. The van der Waals surface area contributed by atoms with Gasteiger partial charge in [-0.05, 0) is 90.5 Å². The van der Waals surface area contributed by atoms with Crippen LogP contribution in [0.1, 0.15) is 5.56 Å². The summed E-state index contributed by atoms with van der Waals surface area (Å²) < 4.78 is 61.0. The third-order valence-corrected chi connectivity index (χ3v) is 7.81. The van der Waals surface area contributed by atoms with Crippen LogP contribution in [0.3, 0.4) is 0 Å². The average molecular weight is 527 g/mol. The second-order valence-electron chi connectivity index (χ2n) is 7.66. The van der Waals surface area contributed by atoms with Crippen LogP contribution in [0.4, 0.5) is 11.4 Å². The molecule has 0 fully saturated rings. The predicted octanol–water partition coefficient (Wildman–Crippen LogP) is 4.28. The number of rotatable bonds is 9. The maximum atomic E-state index is 12.6. The van der Waals surface area contributed by atoms with Gasteiger partial charge < -0.3 is 14.9 Å². The molecule has 0 amide bonds. The minimum absolute atomic E-state index is 0.0162. The fraction of sp³-hybridized carbons (Fsp3) is 0.0400. The van der Waals surface area contributed by atoms with Gasteiger partial charge in [0.2, 0.25) is 0 Å². The van der Waals surface area contributed by atoms with Crippen LogP contribution in [-0.4, -0.2) is 27.0 Å². The molecule has 0 atom stereocenters. The summed E-state index contributed by atoms with van der Waals surface area (Å²) >= 11 is 0. The third-order valence-electron chi connectivity index (χ3n) is 5.01. The van der Waals surface area contributed by atoms with E-state index in [1.807, 2.05) is 0 Å². The number of phenols is 1. The lowest BCUT2D eigenvalue weighted by molar-refractivity contribution is 0.282. The molecule has 0 heterocycles. The van der Waals surface area contributed by atoms with E-state index >= 15 is 0 Å². The number of phenolic OH excluding ortho intramolecular Hbond substituents is 1. The summed E-state index contributed by atoms with van der Waals surface area (Å²) in [5.41, 5.74) is 1.33. The number of aromatic hydroxyl groups is 1. The highest BCUT2D eigenvalue weighted by molar-refractivity contribution is 7.93. The summed E-state index contributed by atoms with van der Waals surface area (Å²) in [6.45, 7) is -0.135. The number of sulfonamides is 2. The molecular weight excluding hydrogens is 504 g/mol. The van der Waals surface area contributed by atoms with Crippen molar-refractivity contribution in [1.29, 1.82) is 0 Å². The van der Waals surface area contributed by atoms with Gasteiger partial charge in [0.1, 0.15) is 17.2 Å². The van der Waals surface area contributed by atoms with E-state index in [4.69, 9.17) is 9.84 Å². The fourth-order valence-corrected chi connectivity index (χ4v) is 5.26. The molecule has 0 aliphatic carbocycles. The van der Waals surface area contributed by atoms with Crippen LogP contribution in [0, 0.1) is 0 Å². The Morgan fingerprint density at radius 2 is 0.972 bits per heavy atom. The molecular formula is C25H22N2O7S2. The molecule has 0 spiro atoms. The molecule has 9 nitrogen and oxygen atoms in total. The maximum absolute atomic E-state index is 12.6. The minimum Gasteiger partial charge on any atom is -0.508 e. The lowest BCUT2D eigenvalue weighted by Crippen LogP contribution is -2.12. The molecule has 11 heteroatoms. The first kappa shape index (κ1) is 25.0. The maximum Gasteiger partial charge on any atom is 0.261 e. The molecule has 0 aromatic heterocycles. The Morgan fingerprint density at radius 3 is 1.36 bits per heavy atom. The normalized spacial score (nSPS) is 11.6. The molecule has 0 unspecified atom stereocenters. The molecule has 36 heavy (non-hydrogen) atoms. The third kappa shape index (κ3) is 6.13. The van der Waals surface area contributed by atoms with Crippen molar-refractivity contribution in [2.45, 2.75) is 16.4 Å². The van der Waals surface area contributed by atoms with Crippen molar-refractivity contribution in [2.24, 2.45) is 0 Å². The number of nitrogens with one attached hydrogen (secondary N) is 2. The first-order valence-corrected chi connectivity index (χ1v) is 13.5. The standard InChI is InChI=1S/C25H22N2O7S2/c28-17-18-1-3-19(4-2-18)26-35(30,31)24-13-9-22(10-14-24)34-23-11-15-25(16-12-23)36(32,33)27-20-5-7-21(29)8-6-20/h1-16,26-29H,17H2. The van der Waals surface area contributed by atoms with Crippen LogP contribution in [0.5, 0.6) is 17.2 Å². The van der Waals surface area contributed by atoms with E-state index in [1.165, 1.54) is 72.8 Å². The van der Waals surface area contributed by atoms with Gasteiger partial charge >= 0.3 is 0 Å². The van der Waals surface area contributed by atoms with Crippen LogP contribution >= 0.6 is 0 Å². The number of benzene rings is 4. The minimum atomic E-state index is -3.84. The van der Waals surface area contributed by atoms with Crippen LogP contribution in [-0.2, 0) is 26.7 Å². The summed E-state index contributed by atoms with van der Waals surface area (Å²) in [7, 11) is -7.67. The molecule has 186 valence electrons. The predicted molar refractivity (Wildman–Crippen MR) is 135 cm³/mol. The Morgan fingerprint density at radius 1 is 0.583 bits per heavy atom. The Hall–Kier alpha value is -4.06. The van der Waals surface area contributed by atoms with Gasteiger partial charge in [-0.1, -0.05) is 12.1 Å². The summed E-state index contributed by atoms with van der Waals surface area (Å²) in [6.07, 6.45) is 0. The summed E-state index contributed by atoms with van der Waals surface area (Å²) in [5.74, 6) is 0.741. The molecule has 0 aliphatic rings. The van der Waals surface area contributed by atoms with Crippen LogP contribution < -0.4 is 14.2 Å². The number of aliphatic hydroxyl groups is 1. The Kier molecular flexibility index (Phi) is 7.15. The van der Waals surface area contributed by atoms with Gasteiger partial charge in [-0.15, -0.1) is 0 Å². The van der Waals surface area contributed by atoms with Gasteiger partial charge in [0.05, 0.1) is 16.4 Å². The molecule has 4 rings (SSSR count). The Labute approximate surface area is 208 Å².